The van der Waals surface area contributed by atoms with E-state index in [4.69, 9.17) is 10.2 Å². The highest BCUT2D eigenvalue weighted by atomic mass is 32.2. The molecule has 0 heterocycles. The zero-order valence-corrected chi connectivity index (χ0v) is 10.6. The smallest absolute Gasteiger partial charge is 0.332 e. The lowest BCUT2D eigenvalue weighted by atomic mass is 10.2. The van der Waals surface area contributed by atoms with Crippen LogP contribution in [0, 0.1) is 6.92 Å². The summed E-state index contributed by atoms with van der Waals surface area (Å²) in [7, 11) is -3.65. The fourth-order valence-corrected chi connectivity index (χ4v) is 2.30. The molecule has 3 N–H and O–H groups in total. The Bertz CT molecular complexity index is 509. The number of carboxylic acids is 1. The zero-order chi connectivity index (χ0) is 13.8. The van der Waals surface area contributed by atoms with E-state index in [1.165, 1.54) is 12.1 Å². The normalized spacial score (nSPS) is 13.2. The number of nitrogens with one attached hydrogen (secondary N) is 1. The number of rotatable bonds is 6. The predicted molar refractivity (Wildman–Crippen MR) is 64.6 cm³/mol. The first-order valence-corrected chi connectivity index (χ1v) is 6.78. The van der Waals surface area contributed by atoms with Gasteiger partial charge in [-0.1, -0.05) is 17.7 Å². The van der Waals surface area contributed by atoms with E-state index in [-0.39, 0.29) is 17.9 Å². The van der Waals surface area contributed by atoms with E-state index in [0.717, 1.165) is 5.56 Å². The number of aliphatic carboxylic acids is 1. The molecule has 100 valence electrons. The molecule has 7 heteroatoms. The Balaban J connectivity index is 2.60. The van der Waals surface area contributed by atoms with Crippen LogP contribution in [-0.2, 0) is 14.8 Å². The SMILES string of the molecule is Cc1ccc(S(=O)(=O)NCC[C@H](O)C(=O)O)cc1. The minimum atomic E-state index is -3.65. The van der Waals surface area contributed by atoms with Gasteiger partial charge in [0.05, 0.1) is 4.90 Å². The van der Waals surface area contributed by atoms with Gasteiger partial charge in [-0.2, -0.15) is 0 Å². The molecular weight excluding hydrogens is 258 g/mol. The highest BCUT2D eigenvalue weighted by molar-refractivity contribution is 7.89. The van der Waals surface area contributed by atoms with Crippen molar-refractivity contribution in [1.29, 1.82) is 0 Å². The molecular formula is C11H15NO5S. The highest BCUT2D eigenvalue weighted by Crippen LogP contribution is 2.09. The van der Waals surface area contributed by atoms with Crippen molar-refractivity contribution in [2.24, 2.45) is 0 Å². The third-order valence-corrected chi connectivity index (χ3v) is 3.80. The quantitative estimate of drug-likeness (QED) is 0.682. The zero-order valence-electron chi connectivity index (χ0n) is 9.83. The van der Waals surface area contributed by atoms with Crippen LogP contribution in [0.1, 0.15) is 12.0 Å². The number of hydrogen-bond acceptors (Lipinski definition) is 4. The number of aliphatic hydroxyl groups is 1. The van der Waals surface area contributed by atoms with Gasteiger partial charge in [-0.05, 0) is 25.5 Å². The van der Waals surface area contributed by atoms with Gasteiger partial charge in [0.25, 0.3) is 0 Å². The lowest BCUT2D eigenvalue weighted by Crippen LogP contribution is -2.30. The van der Waals surface area contributed by atoms with Crippen LogP contribution < -0.4 is 4.72 Å². The Kier molecular flexibility index (Phi) is 4.83. The summed E-state index contributed by atoms with van der Waals surface area (Å²) >= 11 is 0. The van der Waals surface area contributed by atoms with Gasteiger partial charge in [0.2, 0.25) is 10.0 Å². The summed E-state index contributed by atoms with van der Waals surface area (Å²) < 4.78 is 25.7. The highest BCUT2D eigenvalue weighted by Gasteiger charge is 2.16. The molecule has 0 fully saturated rings. The maximum atomic E-state index is 11.8. The molecule has 0 saturated carbocycles. The molecule has 0 aromatic heterocycles. The second-order valence-electron chi connectivity index (χ2n) is 3.85. The number of aryl methyl sites for hydroxylation is 1. The largest absolute Gasteiger partial charge is 0.479 e. The molecule has 18 heavy (non-hydrogen) atoms. The predicted octanol–water partition coefficient (Wildman–Crippen LogP) is 0.109. The third-order valence-electron chi connectivity index (χ3n) is 2.33. The first-order valence-electron chi connectivity index (χ1n) is 5.30. The van der Waals surface area contributed by atoms with Crippen molar-refractivity contribution >= 4 is 16.0 Å². The van der Waals surface area contributed by atoms with Crippen LogP contribution >= 0.6 is 0 Å². The maximum absolute atomic E-state index is 11.8. The van der Waals surface area contributed by atoms with E-state index in [1.54, 1.807) is 12.1 Å². The van der Waals surface area contributed by atoms with Crippen LogP contribution in [-0.4, -0.2) is 37.2 Å². The summed E-state index contributed by atoms with van der Waals surface area (Å²) in [6.07, 6.45) is -1.74. The minimum Gasteiger partial charge on any atom is -0.479 e. The van der Waals surface area contributed by atoms with Crippen molar-refractivity contribution in [2.75, 3.05) is 6.54 Å². The van der Waals surface area contributed by atoms with Crippen LogP contribution in [0.2, 0.25) is 0 Å². The van der Waals surface area contributed by atoms with E-state index in [0.29, 0.717) is 0 Å². The fourth-order valence-electron chi connectivity index (χ4n) is 1.25. The van der Waals surface area contributed by atoms with E-state index >= 15 is 0 Å². The summed E-state index contributed by atoms with van der Waals surface area (Å²) in [5, 5.41) is 17.4. The van der Waals surface area contributed by atoms with Gasteiger partial charge in [-0.3, -0.25) is 0 Å². The van der Waals surface area contributed by atoms with Crippen molar-refractivity contribution in [3.05, 3.63) is 29.8 Å². The molecule has 0 aliphatic heterocycles. The molecule has 0 radical (unpaired) electrons. The van der Waals surface area contributed by atoms with Crippen molar-refractivity contribution < 1.29 is 23.4 Å². The number of benzene rings is 1. The molecule has 0 unspecified atom stereocenters. The fraction of sp³-hybridized carbons (Fsp3) is 0.364. The summed E-state index contributed by atoms with van der Waals surface area (Å²) in [5.74, 6) is -1.37. The van der Waals surface area contributed by atoms with Crippen LogP contribution in [0.5, 0.6) is 0 Å². The second-order valence-corrected chi connectivity index (χ2v) is 5.62. The van der Waals surface area contributed by atoms with E-state index < -0.39 is 22.1 Å². The molecule has 0 bridgehead atoms. The van der Waals surface area contributed by atoms with Gasteiger partial charge < -0.3 is 10.2 Å². The number of carboxylic acid groups (broad SMARTS) is 1. The van der Waals surface area contributed by atoms with Crippen LogP contribution in [0.15, 0.2) is 29.2 Å². The Morgan fingerprint density at radius 3 is 2.39 bits per heavy atom. The summed E-state index contributed by atoms with van der Waals surface area (Å²) in [6, 6.07) is 6.26. The van der Waals surface area contributed by atoms with Gasteiger partial charge in [0.15, 0.2) is 6.10 Å². The van der Waals surface area contributed by atoms with Gasteiger partial charge in [0.1, 0.15) is 0 Å². The molecule has 0 amide bonds. The summed E-state index contributed by atoms with van der Waals surface area (Å²) in [5.41, 5.74) is 0.940. The first kappa shape index (κ1) is 14.6. The minimum absolute atomic E-state index is 0.109. The maximum Gasteiger partial charge on any atom is 0.332 e. The van der Waals surface area contributed by atoms with Gasteiger partial charge in [0, 0.05) is 6.54 Å². The Morgan fingerprint density at radius 2 is 1.89 bits per heavy atom. The van der Waals surface area contributed by atoms with Crippen molar-refractivity contribution in [2.45, 2.75) is 24.3 Å². The Morgan fingerprint density at radius 1 is 1.33 bits per heavy atom. The monoisotopic (exact) mass is 273 g/mol. The molecule has 0 saturated heterocycles. The second kappa shape index (κ2) is 5.94. The molecule has 0 aliphatic rings. The topological polar surface area (TPSA) is 104 Å². The molecule has 1 atom stereocenters. The average molecular weight is 273 g/mol. The van der Waals surface area contributed by atoms with Gasteiger partial charge in [-0.25, -0.2) is 17.9 Å². The Hall–Kier alpha value is -1.44. The number of hydrogen-bond donors (Lipinski definition) is 3. The number of aliphatic hydroxyl groups excluding tert-OH is 1. The van der Waals surface area contributed by atoms with Crippen LogP contribution in [0.25, 0.3) is 0 Å². The summed E-state index contributed by atoms with van der Waals surface area (Å²) in [6.45, 7) is 1.71. The lowest BCUT2D eigenvalue weighted by molar-refractivity contribution is -0.146. The van der Waals surface area contributed by atoms with Gasteiger partial charge in [-0.15, -0.1) is 0 Å². The van der Waals surface area contributed by atoms with Crippen LogP contribution in [0.3, 0.4) is 0 Å². The molecule has 1 rings (SSSR count). The first-order chi connectivity index (χ1) is 8.33. The lowest BCUT2D eigenvalue weighted by Gasteiger charge is -2.08. The van der Waals surface area contributed by atoms with Crippen LogP contribution in [0.4, 0.5) is 0 Å². The summed E-state index contributed by atoms with van der Waals surface area (Å²) in [4.78, 5) is 10.4. The van der Waals surface area contributed by atoms with Crippen molar-refractivity contribution in [3.8, 4) is 0 Å². The third kappa shape index (κ3) is 4.10. The van der Waals surface area contributed by atoms with E-state index in [9.17, 15) is 13.2 Å². The van der Waals surface area contributed by atoms with Crippen molar-refractivity contribution in [1.82, 2.24) is 4.72 Å². The standard InChI is InChI=1S/C11H15NO5S/c1-8-2-4-9(5-3-8)18(16,17)12-7-6-10(13)11(14)15/h2-5,10,12-13H,6-7H2,1H3,(H,14,15)/t10-/m0/s1. The van der Waals surface area contributed by atoms with E-state index in [2.05, 4.69) is 4.72 Å². The van der Waals surface area contributed by atoms with Crippen molar-refractivity contribution in [3.63, 3.8) is 0 Å². The molecule has 0 spiro atoms. The average Bonchev–Trinajstić information content (AvgIpc) is 2.29. The van der Waals surface area contributed by atoms with Gasteiger partial charge >= 0.3 is 5.97 Å². The molecule has 6 nitrogen and oxygen atoms in total. The molecule has 0 aliphatic carbocycles. The van der Waals surface area contributed by atoms with E-state index in [1.807, 2.05) is 6.92 Å². The Labute approximate surface area is 105 Å². The number of sulfonamides is 1. The molecule has 1 aromatic carbocycles. The molecule has 1 aromatic rings. The number of carbonyl (C=O) groups is 1.